The van der Waals surface area contributed by atoms with E-state index in [0.29, 0.717) is 11.3 Å². The second-order valence-corrected chi connectivity index (χ2v) is 4.51. The molecular formula is C13H19N3O2. The Morgan fingerprint density at radius 2 is 2.06 bits per heavy atom. The van der Waals surface area contributed by atoms with Crippen molar-refractivity contribution in [3.63, 3.8) is 0 Å². The van der Waals surface area contributed by atoms with Crippen molar-refractivity contribution in [1.82, 2.24) is 4.90 Å². The number of rotatable bonds is 4. The Labute approximate surface area is 107 Å². The SMILES string of the molecule is CC(N)CC(=O)Nc1cccc(C(=O)N(C)C)c1. The molecule has 1 aromatic rings. The molecule has 0 fully saturated rings. The van der Waals surface area contributed by atoms with Gasteiger partial charge in [-0.3, -0.25) is 9.59 Å². The molecule has 0 aromatic heterocycles. The summed E-state index contributed by atoms with van der Waals surface area (Å²) in [5, 5.41) is 2.72. The fourth-order valence-corrected chi connectivity index (χ4v) is 1.49. The Morgan fingerprint density at radius 3 is 2.61 bits per heavy atom. The number of benzene rings is 1. The summed E-state index contributed by atoms with van der Waals surface area (Å²) in [5.41, 5.74) is 6.69. The van der Waals surface area contributed by atoms with Gasteiger partial charge in [0.1, 0.15) is 0 Å². The van der Waals surface area contributed by atoms with Crippen molar-refractivity contribution in [2.45, 2.75) is 19.4 Å². The lowest BCUT2D eigenvalue weighted by Gasteiger charge is -2.12. The van der Waals surface area contributed by atoms with Crippen LogP contribution in [0.15, 0.2) is 24.3 Å². The van der Waals surface area contributed by atoms with E-state index < -0.39 is 0 Å². The summed E-state index contributed by atoms with van der Waals surface area (Å²) in [6, 6.07) is 6.66. The number of nitrogens with zero attached hydrogens (tertiary/aromatic N) is 1. The topological polar surface area (TPSA) is 75.4 Å². The zero-order valence-corrected chi connectivity index (χ0v) is 10.9. The van der Waals surface area contributed by atoms with E-state index in [0.717, 1.165) is 0 Å². The van der Waals surface area contributed by atoms with Crippen LogP contribution in [0.2, 0.25) is 0 Å². The van der Waals surface area contributed by atoms with Gasteiger partial charge in [0.15, 0.2) is 0 Å². The van der Waals surface area contributed by atoms with Crippen molar-refractivity contribution in [3.8, 4) is 0 Å². The summed E-state index contributed by atoms with van der Waals surface area (Å²) in [7, 11) is 3.37. The van der Waals surface area contributed by atoms with Gasteiger partial charge in [-0.2, -0.15) is 0 Å². The Hall–Kier alpha value is -1.88. The molecule has 0 aliphatic rings. The molecule has 1 unspecified atom stereocenters. The average Bonchev–Trinajstić information content (AvgIpc) is 2.26. The number of amides is 2. The first-order valence-electron chi connectivity index (χ1n) is 5.77. The predicted octanol–water partition coefficient (Wildman–Crippen LogP) is 1.06. The Balaban J connectivity index is 2.77. The molecule has 0 saturated heterocycles. The molecule has 98 valence electrons. The van der Waals surface area contributed by atoms with Crippen LogP contribution in [0, 0.1) is 0 Å². The molecule has 0 spiro atoms. The Kier molecular flexibility index (Phi) is 4.85. The third-order valence-electron chi connectivity index (χ3n) is 2.31. The van der Waals surface area contributed by atoms with Gasteiger partial charge in [-0.25, -0.2) is 0 Å². The van der Waals surface area contributed by atoms with Crippen molar-refractivity contribution < 1.29 is 9.59 Å². The normalized spacial score (nSPS) is 11.8. The lowest BCUT2D eigenvalue weighted by molar-refractivity contribution is -0.116. The number of carbonyl (C=O) groups is 2. The number of anilines is 1. The molecule has 18 heavy (non-hydrogen) atoms. The highest BCUT2D eigenvalue weighted by Crippen LogP contribution is 2.12. The van der Waals surface area contributed by atoms with Gasteiger partial charge < -0.3 is 16.0 Å². The first kappa shape index (κ1) is 14.2. The van der Waals surface area contributed by atoms with Crippen LogP contribution in [0.25, 0.3) is 0 Å². The van der Waals surface area contributed by atoms with E-state index in [1.165, 1.54) is 4.90 Å². The maximum Gasteiger partial charge on any atom is 0.253 e. The zero-order valence-electron chi connectivity index (χ0n) is 10.9. The van der Waals surface area contributed by atoms with Gasteiger partial charge in [0.2, 0.25) is 5.91 Å². The van der Waals surface area contributed by atoms with Crippen LogP contribution in [-0.4, -0.2) is 36.9 Å². The summed E-state index contributed by atoms with van der Waals surface area (Å²) < 4.78 is 0. The van der Waals surface area contributed by atoms with E-state index in [9.17, 15) is 9.59 Å². The van der Waals surface area contributed by atoms with Gasteiger partial charge in [0.25, 0.3) is 5.91 Å². The molecule has 1 rings (SSSR count). The van der Waals surface area contributed by atoms with Crippen molar-refractivity contribution in [2.75, 3.05) is 19.4 Å². The van der Waals surface area contributed by atoms with Gasteiger partial charge in [0, 0.05) is 37.8 Å². The van der Waals surface area contributed by atoms with Gasteiger partial charge in [0.05, 0.1) is 0 Å². The molecule has 1 aromatic carbocycles. The molecule has 2 amide bonds. The van der Waals surface area contributed by atoms with E-state index in [4.69, 9.17) is 5.73 Å². The summed E-state index contributed by atoms with van der Waals surface area (Å²) in [6.07, 6.45) is 0.256. The van der Waals surface area contributed by atoms with E-state index >= 15 is 0 Å². The van der Waals surface area contributed by atoms with E-state index in [1.807, 2.05) is 0 Å². The second-order valence-electron chi connectivity index (χ2n) is 4.51. The van der Waals surface area contributed by atoms with Crippen LogP contribution in [0.1, 0.15) is 23.7 Å². The maximum absolute atomic E-state index is 11.8. The monoisotopic (exact) mass is 249 g/mol. The molecule has 0 aliphatic carbocycles. The van der Waals surface area contributed by atoms with Crippen LogP contribution in [-0.2, 0) is 4.79 Å². The summed E-state index contributed by atoms with van der Waals surface area (Å²) in [6.45, 7) is 1.77. The van der Waals surface area contributed by atoms with Crippen LogP contribution >= 0.6 is 0 Å². The first-order valence-corrected chi connectivity index (χ1v) is 5.77. The molecule has 3 N–H and O–H groups in total. The highest BCUT2D eigenvalue weighted by molar-refractivity contribution is 5.97. The van der Waals surface area contributed by atoms with Gasteiger partial charge in [-0.05, 0) is 25.1 Å². The molecule has 0 radical (unpaired) electrons. The van der Waals surface area contributed by atoms with Crippen LogP contribution in [0.3, 0.4) is 0 Å². The second kappa shape index (κ2) is 6.16. The minimum Gasteiger partial charge on any atom is -0.345 e. The number of hydrogen-bond donors (Lipinski definition) is 2. The summed E-state index contributed by atoms with van der Waals surface area (Å²) in [5.74, 6) is -0.252. The molecule has 0 bridgehead atoms. The zero-order chi connectivity index (χ0) is 13.7. The van der Waals surface area contributed by atoms with Crippen molar-refractivity contribution in [1.29, 1.82) is 0 Å². The van der Waals surface area contributed by atoms with Crippen molar-refractivity contribution >= 4 is 17.5 Å². The average molecular weight is 249 g/mol. The first-order chi connectivity index (χ1) is 8.40. The molecule has 0 aliphatic heterocycles. The van der Waals surface area contributed by atoms with Crippen LogP contribution in [0.4, 0.5) is 5.69 Å². The Bertz CT molecular complexity index is 442. The minimum atomic E-state index is -0.184. The lowest BCUT2D eigenvalue weighted by atomic mass is 10.1. The fraction of sp³-hybridized carbons (Fsp3) is 0.385. The maximum atomic E-state index is 11.8. The fourth-order valence-electron chi connectivity index (χ4n) is 1.49. The molecular weight excluding hydrogens is 230 g/mol. The number of carbonyl (C=O) groups excluding carboxylic acids is 2. The number of hydrogen-bond acceptors (Lipinski definition) is 3. The Morgan fingerprint density at radius 1 is 1.39 bits per heavy atom. The quantitative estimate of drug-likeness (QED) is 0.838. The smallest absolute Gasteiger partial charge is 0.253 e. The van der Waals surface area contributed by atoms with Gasteiger partial charge >= 0.3 is 0 Å². The number of nitrogens with one attached hydrogen (secondary N) is 1. The molecule has 5 nitrogen and oxygen atoms in total. The molecule has 1 atom stereocenters. The lowest BCUT2D eigenvalue weighted by Crippen LogP contribution is -2.24. The predicted molar refractivity (Wildman–Crippen MR) is 71.4 cm³/mol. The minimum absolute atomic E-state index is 0.0988. The van der Waals surface area contributed by atoms with Crippen LogP contribution in [0.5, 0.6) is 0 Å². The third-order valence-corrected chi connectivity index (χ3v) is 2.31. The van der Waals surface area contributed by atoms with Crippen molar-refractivity contribution in [3.05, 3.63) is 29.8 Å². The summed E-state index contributed by atoms with van der Waals surface area (Å²) in [4.78, 5) is 24.8. The van der Waals surface area contributed by atoms with E-state index in [1.54, 1.807) is 45.3 Å². The molecule has 5 heteroatoms. The largest absolute Gasteiger partial charge is 0.345 e. The number of nitrogens with two attached hydrogens (primary N) is 1. The molecule has 0 saturated carbocycles. The third kappa shape index (κ3) is 4.18. The highest BCUT2D eigenvalue weighted by Gasteiger charge is 2.10. The van der Waals surface area contributed by atoms with Gasteiger partial charge in [-0.1, -0.05) is 6.07 Å². The molecule has 0 heterocycles. The van der Waals surface area contributed by atoms with Gasteiger partial charge in [-0.15, -0.1) is 0 Å². The van der Waals surface area contributed by atoms with E-state index in [2.05, 4.69) is 5.32 Å². The highest BCUT2D eigenvalue weighted by atomic mass is 16.2. The summed E-state index contributed by atoms with van der Waals surface area (Å²) >= 11 is 0. The van der Waals surface area contributed by atoms with Crippen molar-refractivity contribution in [2.24, 2.45) is 5.73 Å². The standard InChI is InChI=1S/C13H19N3O2/c1-9(14)7-12(17)15-11-6-4-5-10(8-11)13(18)16(2)3/h4-6,8-9H,7,14H2,1-3H3,(H,15,17). The van der Waals surface area contributed by atoms with Crippen LogP contribution < -0.4 is 11.1 Å². The van der Waals surface area contributed by atoms with E-state index in [-0.39, 0.29) is 24.3 Å².